The van der Waals surface area contributed by atoms with Crippen molar-refractivity contribution in [2.75, 3.05) is 0 Å². The maximum absolute atomic E-state index is 11.5. The molecule has 4 heteroatoms. The smallest absolute Gasteiger partial charge is 0.255 e. The lowest BCUT2D eigenvalue weighted by Crippen LogP contribution is -2.06. The third-order valence-electron chi connectivity index (χ3n) is 2.05. The lowest BCUT2D eigenvalue weighted by Gasteiger charge is -2.01. The van der Waals surface area contributed by atoms with Crippen LogP contribution in [0.2, 0.25) is 10.0 Å². The summed E-state index contributed by atoms with van der Waals surface area (Å²) in [6.45, 7) is 0. The van der Waals surface area contributed by atoms with E-state index in [1.807, 2.05) is 0 Å². The van der Waals surface area contributed by atoms with Crippen LogP contribution in [0.15, 0.2) is 41.3 Å². The summed E-state index contributed by atoms with van der Waals surface area (Å²) >= 11 is 11.7. The number of H-pyrrole nitrogens is 1. The van der Waals surface area contributed by atoms with Crippen molar-refractivity contribution < 1.29 is 0 Å². The van der Waals surface area contributed by atoms with Crippen LogP contribution in [0.5, 0.6) is 0 Å². The van der Waals surface area contributed by atoms with Gasteiger partial charge in [0.2, 0.25) is 0 Å². The van der Waals surface area contributed by atoms with Crippen molar-refractivity contribution >= 4 is 23.2 Å². The van der Waals surface area contributed by atoms with E-state index >= 15 is 0 Å². The Hall–Kier alpha value is -1.25. The number of pyridine rings is 1. The highest BCUT2D eigenvalue weighted by Crippen LogP contribution is 2.26. The maximum atomic E-state index is 11.5. The number of rotatable bonds is 1. The zero-order valence-electron chi connectivity index (χ0n) is 7.63. The Labute approximate surface area is 96.5 Å². The first-order chi connectivity index (χ1) is 7.18. The number of hydrogen-bond acceptors (Lipinski definition) is 1. The van der Waals surface area contributed by atoms with Gasteiger partial charge in [0, 0.05) is 11.8 Å². The molecule has 0 aliphatic heterocycles. The molecule has 0 aliphatic rings. The van der Waals surface area contributed by atoms with Gasteiger partial charge >= 0.3 is 0 Å². The van der Waals surface area contributed by atoms with Gasteiger partial charge in [-0.15, -0.1) is 0 Å². The van der Waals surface area contributed by atoms with E-state index in [1.54, 1.807) is 36.5 Å². The number of benzene rings is 1. The summed E-state index contributed by atoms with van der Waals surface area (Å²) in [4.78, 5) is 14.1. The predicted molar refractivity (Wildman–Crippen MR) is 62.5 cm³/mol. The Balaban J connectivity index is 2.60. The Morgan fingerprint density at radius 2 is 1.87 bits per heavy atom. The number of nitrogens with one attached hydrogen (secondary N) is 1. The highest BCUT2D eigenvalue weighted by atomic mass is 35.5. The molecule has 2 nitrogen and oxygen atoms in total. The zero-order chi connectivity index (χ0) is 10.8. The molecule has 76 valence electrons. The number of aromatic amines is 1. The molecule has 1 aromatic carbocycles. The SMILES string of the molecule is O=c1[nH]cccc1-c1ccc(Cl)c(Cl)c1. The highest BCUT2D eigenvalue weighted by molar-refractivity contribution is 6.42. The molecular formula is C11H7Cl2NO. The first-order valence-electron chi connectivity index (χ1n) is 4.31. The largest absolute Gasteiger partial charge is 0.329 e. The molecule has 0 bridgehead atoms. The van der Waals surface area contributed by atoms with E-state index in [0.29, 0.717) is 15.6 Å². The molecule has 0 unspecified atom stereocenters. The van der Waals surface area contributed by atoms with E-state index in [2.05, 4.69) is 4.98 Å². The van der Waals surface area contributed by atoms with Crippen LogP contribution in [0.4, 0.5) is 0 Å². The Morgan fingerprint density at radius 3 is 2.53 bits per heavy atom. The van der Waals surface area contributed by atoms with Crippen LogP contribution >= 0.6 is 23.2 Å². The molecule has 1 aromatic heterocycles. The normalized spacial score (nSPS) is 10.3. The van der Waals surface area contributed by atoms with E-state index in [9.17, 15) is 4.79 Å². The molecule has 15 heavy (non-hydrogen) atoms. The van der Waals surface area contributed by atoms with Gasteiger partial charge in [-0.1, -0.05) is 29.3 Å². The van der Waals surface area contributed by atoms with E-state index in [4.69, 9.17) is 23.2 Å². The van der Waals surface area contributed by atoms with Crippen LogP contribution in [0.3, 0.4) is 0 Å². The minimum Gasteiger partial charge on any atom is -0.329 e. The van der Waals surface area contributed by atoms with Crippen molar-refractivity contribution in [2.45, 2.75) is 0 Å². The van der Waals surface area contributed by atoms with Crippen molar-refractivity contribution in [1.82, 2.24) is 4.98 Å². The fourth-order valence-corrected chi connectivity index (χ4v) is 1.61. The minimum atomic E-state index is -0.143. The summed E-state index contributed by atoms with van der Waals surface area (Å²) in [5, 5.41) is 0.921. The van der Waals surface area contributed by atoms with Gasteiger partial charge in [0.05, 0.1) is 10.0 Å². The van der Waals surface area contributed by atoms with Crippen LogP contribution in [-0.2, 0) is 0 Å². The summed E-state index contributed by atoms with van der Waals surface area (Å²) in [5.41, 5.74) is 1.19. The van der Waals surface area contributed by atoms with Crippen LogP contribution < -0.4 is 5.56 Å². The lowest BCUT2D eigenvalue weighted by atomic mass is 10.1. The molecule has 0 saturated carbocycles. The molecular weight excluding hydrogens is 233 g/mol. The van der Waals surface area contributed by atoms with Gasteiger partial charge in [0.1, 0.15) is 0 Å². The fraction of sp³-hybridized carbons (Fsp3) is 0. The lowest BCUT2D eigenvalue weighted by molar-refractivity contribution is 1.24. The summed E-state index contributed by atoms with van der Waals surface area (Å²) in [7, 11) is 0. The van der Waals surface area contributed by atoms with Crippen LogP contribution in [0.25, 0.3) is 11.1 Å². The van der Waals surface area contributed by atoms with Crippen molar-refractivity contribution in [3.63, 3.8) is 0 Å². The molecule has 0 fully saturated rings. The van der Waals surface area contributed by atoms with Crippen LogP contribution in [0, 0.1) is 0 Å². The van der Waals surface area contributed by atoms with E-state index < -0.39 is 0 Å². The second-order valence-electron chi connectivity index (χ2n) is 3.04. The number of halogens is 2. The van der Waals surface area contributed by atoms with Gasteiger partial charge in [0.15, 0.2) is 0 Å². The molecule has 0 spiro atoms. The van der Waals surface area contributed by atoms with Gasteiger partial charge < -0.3 is 4.98 Å². The van der Waals surface area contributed by atoms with Gasteiger partial charge in [0.25, 0.3) is 5.56 Å². The maximum Gasteiger partial charge on any atom is 0.255 e. The number of hydrogen-bond donors (Lipinski definition) is 1. The second-order valence-corrected chi connectivity index (χ2v) is 3.86. The molecule has 0 aliphatic carbocycles. The van der Waals surface area contributed by atoms with Crippen molar-refractivity contribution in [2.24, 2.45) is 0 Å². The van der Waals surface area contributed by atoms with Crippen molar-refractivity contribution in [3.8, 4) is 11.1 Å². The highest BCUT2D eigenvalue weighted by Gasteiger charge is 2.04. The quantitative estimate of drug-likeness (QED) is 0.814. The minimum absolute atomic E-state index is 0.143. The molecule has 0 amide bonds. The number of aromatic nitrogens is 1. The average Bonchev–Trinajstić information content (AvgIpc) is 2.23. The van der Waals surface area contributed by atoms with Gasteiger partial charge in [-0.3, -0.25) is 4.79 Å². The fourth-order valence-electron chi connectivity index (χ4n) is 1.31. The van der Waals surface area contributed by atoms with Gasteiger partial charge in [-0.25, -0.2) is 0 Å². The molecule has 0 radical (unpaired) electrons. The monoisotopic (exact) mass is 239 g/mol. The molecule has 0 atom stereocenters. The molecule has 2 aromatic rings. The third-order valence-corrected chi connectivity index (χ3v) is 2.79. The van der Waals surface area contributed by atoms with Crippen LogP contribution in [-0.4, -0.2) is 4.98 Å². The first-order valence-corrected chi connectivity index (χ1v) is 5.07. The molecule has 1 heterocycles. The Kier molecular flexibility index (Phi) is 2.80. The van der Waals surface area contributed by atoms with Crippen LogP contribution in [0.1, 0.15) is 0 Å². The molecule has 0 saturated heterocycles. The topological polar surface area (TPSA) is 32.9 Å². The van der Waals surface area contributed by atoms with E-state index in [0.717, 1.165) is 5.56 Å². The van der Waals surface area contributed by atoms with Crippen molar-refractivity contribution in [1.29, 1.82) is 0 Å². The standard InChI is InChI=1S/C11H7Cl2NO/c12-9-4-3-7(6-10(9)13)8-2-1-5-14-11(8)15/h1-6H,(H,14,15). The van der Waals surface area contributed by atoms with Gasteiger partial charge in [-0.2, -0.15) is 0 Å². The molecule has 2 rings (SSSR count). The van der Waals surface area contributed by atoms with E-state index in [-0.39, 0.29) is 5.56 Å². The van der Waals surface area contributed by atoms with E-state index in [1.165, 1.54) is 0 Å². The summed E-state index contributed by atoms with van der Waals surface area (Å²) in [6.07, 6.45) is 1.59. The predicted octanol–water partition coefficient (Wildman–Crippen LogP) is 3.35. The van der Waals surface area contributed by atoms with Gasteiger partial charge in [-0.05, 0) is 29.8 Å². The summed E-state index contributed by atoms with van der Waals surface area (Å²) in [5.74, 6) is 0. The average molecular weight is 240 g/mol. The Bertz CT molecular complexity index is 548. The summed E-state index contributed by atoms with van der Waals surface area (Å²) in [6, 6.07) is 8.61. The third kappa shape index (κ3) is 2.06. The van der Waals surface area contributed by atoms with Crippen molar-refractivity contribution in [3.05, 3.63) is 56.9 Å². The first kappa shape index (κ1) is 10.3. The zero-order valence-corrected chi connectivity index (χ0v) is 9.14. The Morgan fingerprint density at radius 1 is 1.07 bits per heavy atom. The molecule has 1 N–H and O–H groups in total. The summed E-state index contributed by atoms with van der Waals surface area (Å²) < 4.78 is 0. The second kappa shape index (κ2) is 4.09.